The number of carbonyl (C=O) groups is 1. The van der Waals surface area contributed by atoms with Gasteiger partial charge in [-0.2, -0.15) is 0 Å². The van der Waals surface area contributed by atoms with Crippen LogP contribution in [-0.4, -0.2) is 24.2 Å². The van der Waals surface area contributed by atoms with Gasteiger partial charge in [0.1, 0.15) is 17.4 Å². The summed E-state index contributed by atoms with van der Waals surface area (Å²) < 4.78 is 34.4. The van der Waals surface area contributed by atoms with E-state index in [-0.39, 0.29) is 18.2 Å². The summed E-state index contributed by atoms with van der Waals surface area (Å²) >= 11 is 0. The van der Waals surface area contributed by atoms with E-state index < -0.39 is 11.8 Å². The number of hydrogen-bond acceptors (Lipinski definition) is 3. The number of aliphatic carboxylic acids is 1. The molecule has 1 atom stereocenters. The molecule has 0 radical (unpaired) electrons. The highest BCUT2D eigenvalue weighted by molar-refractivity contribution is 5.66. The average molecular weight is 482 g/mol. The highest BCUT2D eigenvalue weighted by Crippen LogP contribution is 2.29. The molecular weight excluding hydrogens is 448 g/mol. The van der Waals surface area contributed by atoms with Gasteiger partial charge in [-0.3, -0.25) is 4.79 Å². The quantitative estimate of drug-likeness (QED) is 0.280. The second-order valence-electron chi connectivity index (χ2n) is 8.94. The first-order chi connectivity index (χ1) is 16.8. The summed E-state index contributed by atoms with van der Waals surface area (Å²) in [5.41, 5.74) is 4.94. The maximum atomic E-state index is 14.6. The van der Waals surface area contributed by atoms with Crippen molar-refractivity contribution >= 4 is 5.97 Å². The molecule has 0 fully saturated rings. The Morgan fingerprint density at radius 3 is 2.43 bits per heavy atom. The zero-order valence-electron chi connectivity index (χ0n) is 20.3. The average Bonchev–Trinajstić information content (AvgIpc) is 2.83. The Kier molecular flexibility index (Phi) is 9.79. The van der Waals surface area contributed by atoms with Crippen molar-refractivity contribution in [3.63, 3.8) is 0 Å². The van der Waals surface area contributed by atoms with E-state index in [4.69, 9.17) is 9.84 Å². The zero-order valence-corrected chi connectivity index (χ0v) is 20.3. The van der Waals surface area contributed by atoms with Crippen LogP contribution in [0.15, 0.2) is 60.7 Å². The van der Waals surface area contributed by atoms with Crippen molar-refractivity contribution in [1.29, 1.82) is 0 Å². The van der Waals surface area contributed by atoms with Gasteiger partial charge in [0.05, 0.1) is 13.0 Å². The number of rotatable bonds is 13. The Balaban J connectivity index is 1.56. The third-order valence-corrected chi connectivity index (χ3v) is 6.19. The van der Waals surface area contributed by atoms with Crippen LogP contribution in [-0.2, 0) is 17.8 Å². The van der Waals surface area contributed by atoms with Crippen LogP contribution in [0.25, 0.3) is 0 Å². The van der Waals surface area contributed by atoms with E-state index in [9.17, 15) is 13.6 Å². The number of carboxylic acid groups (broad SMARTS) is 1. The molecule has 1 unspecified atom stereocenters. The summed E-state index contributed by atoms with van der Waals surface area (Å²) in [4.78, 5) is 10.6. The van der Waals surface area contributed by atoms with Crippen LogP contribution in [0.4, 0.5) is 8.78 Å². The molecule has 0 spiro atoms. The summed E-state index contributed by atoms with van der Waals surface area (Å²) in [5, 5.41) is 11.8. The summed E-state index contributed by atoms with van der Waals surface area (Å²) in [6.45, 7) is 5.59. The third-order valence-electron chi connectivity index (χ3n) is 6.19. The van der Waals surface area contributed by atoms with Gasteiger partial charge in [0.15, 0.2) is 0 Å². The molecule has 0 amide bonds. The van der Waals surface area contributed by atoms with Gasteiger partial charge in [-0.1, -0.05) is 30.3 Å². The number of nitrogens with one attached hydrogen (secondary N) is 1. The molecule has 4 nitrogen and oxygen atoms in total. The molecule has 0 bridgehead atoms. The molecule has 0 heterocycles. The number of benzene rings is 3. The first-order valence-electron chi connectivity index (χ1n) is 12.0. The lowest BCUT2D eigenvalue weighted by Crippen LogP contribution is -2.17. The molecule has 0 saturated carbocycles. The van der Waals surface area contributed by atoms with Crippen molar-refractivity contribution in [2.75, 3.05) is 13.2 Å². The van der Waals surface area contributed by atoms with E-state index in [0.717, 1.165) is 22.9 Å². The highest BCUT2D eigenvalue weighted by atomic mass is 19.1. The largest absolute Gasteiger partial charge is 0.494 e. The van der Waals surface area contributed by atoms with Gasteiger partial charge in [0, 0.05) is 13.1 Å². The summed E-state index contributed by atoms with van der Waals surface area (Å²) in [6.07, 6.45) is 2.08. The van der Waals surface area contributed by atoms with Crippen LogP contribution in [0, 0.1) is 25.5 Å². The van der Waals surface area contributed by atoms with Crippen LogP contribution in [0.1, 0.15) is 53.0 Å². The van der Waals surface area contributed by atoms with Gasteiger partial charge < -0.3 is 15.2 Å². The molecule has 0 aliphatic carbocycles. The normalized spacial score (nSPS) is 11.9. The highest BCUT2D eigenvalue weighted by Gasteiger charge is 2.18. The summed E-state index contributed by atoms with van der Waals surface area (Å²) in [5.74, 6) is -1.05. The predicted molar refractivity (Wildman–Crippen MR) is 134 cm³/mol. The molecule has 6 heteroatoms. The van der Waals surface area contributed by atoms with Crippen LogP contribution in [0.5, 0.6) is 5.75 Å². The lowest BCUT2D eigenvalue weighted by Gasteiger charge is -2.19. The minimum absolute atomic E-state index is 0.0885. The van der Waals surface area contributed by atoms with Crippen molar-refractivity contribution in [2.45, 2.75) is 52.0 Å². The first kappa shape index (κ1) is 26.4. The standard InChI is InChI=1S/C29H33F2NO3/c1-20-5-6-23(16-21(20)2)17-24(27-18-25(30)9-12-28(27)31)4-3-15-35-26-10-7-22(8-11-26)19-32-14-13-29(33)34/h5-12,16,18,24,32H,3-4,13-15,17,19H2,1-2H3,(H,33,34). The van der Waals surface area contributed by atoms with Crippen molar-refractivity contribution in [2.24, 2.45) is 0 Å². The molecule has 0 aromatic heterocycles. The van der Waals surface area contributed by atoms with E-state index >= 15 is 0 Å². The number of halogens is 2. The van der Waals surface area contributed by atoms with Gasteiger partial charge in [-0.25, -0.2) is 8.78 Å². The Labute approximate surface area is 206 Å². The number of hydrogen-bond donors (Lipinski definition) is 2. The number of ether oxygens (including phenoxy) is 1. The van der Waals surface area contributed by atoms with E-state index in [1.165, 1.54) is 23.3 Å². The maximum absolute atomic E-state index is 14.6. The molecule has 186 valence electrons. The Morgan fingerprint density at radius 2 is 1.71 bits per heavy atom. The van der Waals surface area contributed by atoms with Crippen molar-refractivity contribution < 1.29 is 23.4 Å². The van der Waals surface area contributed by atoms with Crippen molar-refractivity contribution in [3.05, 3.63) is 100 Å². The van der Waals surface area contributed by atoms with E-state index in [1.807, 2.05) is 24.3 Å². The molecule has 0 aliphatic heterocycles. The molecule has 0 aliphatic rings. The predicted octanol–water partition coefficient (Wildman–Crippen LogP) is 6.33. The molecule has 3 aromatic carbocycles. The van der Waals surface area contributed by atoms with Crippen LogP contribution in [0.2, 0.25) is 0 Å². The molecular formula is C29H33F2NO3. The molecule has 3 rings (SSSR count). The fourth-order valence-electron chi connectivity index (χ4n) is 4.06. The van der Waals surface area contributed by atoms with Gasteiger partial charge in [-0.15, -0.1) is 0 Å². The molecule has 0 saturated heterocycles. The Hall–Kier alpha value is -3.25. The minimum atomic E-state index is -0.822. The second-order valence-corrected chi connectivity index (χ2v) is 8.94. The smallest absolute Gasteiger partial charge is 0.304 e. The molecule has 3 aromatic rings. The van der Waals surface area contributed by atoms with Crippen LogP contribution >= 0.6 is 0 Å². The Morgan fingerprint density at radius 1 is 0.971 bits per heavy atom. The second kappa shape index (κ2) is 13.0. The fraction of sp³-hybridized carbons (Fsp3) is 0.345. The van der Waals surface area contributed by atoms with E-state index in [1.54, 1.807) is 0 Å². The van der Waals surface area contributed by atoms with Crippen molar-refractivity contribution in [1.82, 2.24) is 5.32 Å². The Bertz CT molecular complexity index is 1120. The topological polar surface area (TPSA) is 58.6 Å². The molecule has 2 N–H and O–H groups in total. The van der Waals surface area contributed by atoms with E-state index in [2.05, 4.69) is 37.4 Å². The van der Waals surface area contributed by atoms with Crippen LogP contribution in [0.3, 0.4) is 0 Å². The lowest BCUT2D eigenvalue weighted by atomic mass is 9.87. The first-order valence-corrected chi connectivity index (χ1v) is 12.0. The molecule has 35 heavy (non-hydrogen) atoms. The fourth-order valence-corrected chi connectivity index (χ4v) is 4.06. The van der Waals surface area contributed by atoms with Crippen LogP contribution < -0.4 is 10.1 Å². The zero-order chi connectivity index (χ0) is 25.2. The summed E-state index contributed by atoms with van der Waals surface area (Å²) in [7, 11) is 0. The van der Waals surface area contributed by atoms with Gasteiger partial charge in [-0.05, 0) is 97.2 Å². The number of aryl methyl sites for hydroxylation is 2. The monoisotopic (exact) mass is 481 g/mol. The van der Waals surface area contributed by atoms with Crippen molar-refractivity contribution in [3.8, 4) is 5.75 Å². The third kappa shape index (κ3) is 8.48. The van der Waals surface area contributed by atoms with Gasteiger partial charge >= 0.3 is 5.97 Å². The van der Waals surface area contributed by atoms with Gasteiger partial charge in [0.25, 0.3) is 0 Å². The van der Waals surface area contributed by atoms with E-state index in [0.29, 0.717) is 44.5 Å². The lowest BCUT2D eigenvalue weighted by molar-refractivity contribution is -0.136. The van der Waals surface area contributed by atoms with Gasteiger partial charge in [0.2, 0.25) is 0 Å². The SMILES string of the molecule is Cc1ccc(CC(CCCOc2ccc(CNCCC(=O)O)cc2)c2cc(F)ccc2F)cc1C. The minimum Gasteiger partial charge on any atom is -0.494 e. The summed E-state index contributed by atoms with van der Waals surface area (Å²) in [6, 6.07) is 17.5. The maximum Gasteiger partial charge on any atom is 0.304 e. The number of carboxylic acids is 1.